The number of nitro groups is 1. The van der Waals surface area contributed by atoms with Gasteiger partial charge in [0, 0.05) is 17.5 Å². The predicted molar refractivity (Wildman–Crippen MR) is 95.0 cm³/mol. The summed E-state index contributed by atoms with van der Waals surface area (Å²) in [5, 5.41) is 14.3. The molecule has 0 unspecified atom stereocenters. The maximum absolute atomic E-state index is 10.8. The number of thiazole rings is 2. The Bertz CT molecular complexity index is 1050. The molecule has 0 aliphatic heterocycles. The van der Waals surface area contributed by atoms with E-state index in [9.17, 15) is 10.1 Å². The highest BCUT2D eigenvalue weighted by Crippen LogP contribution is 2.28. The zero-order chi connectivity index (χ0) is 16.5. The number of nitrogens with zero attached hydrogens (tertiary/aromatic N) is 3. The second kappa shape index (κ2) is 5.99. The Labute approximate surface area is 143 Å². The zero-order valence-electron chi connectivity index (χ0n) is 12.1. The molecule has 0 radical (unpaired) electrons. The van der Waals surface area contributed by atoms with Crippen LogP contribution in [0.3, 0.4) is 0 Å². The number of benzene rings is 1. The summed E-state index contributed by atoms with van der Waals surface area (Å²) in [7, 11) is 0. The number of hydrogen-bond acceptors (Lipinski definition) is 7. The lowest BCUT2D eigenvalue weighted by atomic mass is 10.3. The van der Waals surface area contributed by atoms with Gasteiger partial charge in [-0.1, -0.05) is 0 Å². The van der Waals surface area contributed by atoms with E-state index in [0.717, 1.165) is 26.2 Å². The Hall–Kier alpha value is -2.84. The standard InChI is InChI=1S/C16H9N3O3S2/c20-19(21)11-4-5-14-12(8-11)18-15(24-14)6-3-10-9-23-16(17-10)13-2-1-7-22-13/h1-9H/b6-3+. The minimum absolute atomic E-state index is 0.0471. The van der Waals surface area contributed by atoms with Crippen LogP contribution in [0.15, 0.2) is 46.4 Å². The molecule has 0 saturated carbocycles. The van der Waals surface area contributed by atoms with Gasteiger partial charge in [0.05, 0.1) is 27.1 Å². The van der Waals surface area contributed by atoms with Gasteiger partial charge in [-0.15, -0.1) is 22.7 Å². The lowest BCUT2D eigenvalue weighted by molar-refractivity contribution is -0.384. The van der Waals surface area contributed by atoms with Crippen LogP contribution in [0.25, 0.3) is 33.1 Å². The number of rotatable bonds is 4. The fraction of sp³-hybridized carbons (Fsp3) is 0. The van der Waals surface area contributed by atoms with E-state index in [-0.39, 0.29) is 5.69 Å². The molecule has 0 saturated heterocycles. The first-order valence-corrected chi connectivity index (χ1v) is 8.61. The van der Waals surface area contributed by atoms with E-state index >= 15 is 0 Å². The third-order valence-electron chi connectivity index (χ3n) is 3.25. The summed E-state index contributed by atoms with van der Waals surface area (Å²) in [4.78, 5) is 19.3. The number of aromatic nitrogens is 2. The molecule has 24 heavy (non-hydrogen) atoms. The molecule has 4 aromatic rings. The van der Waals surface area contributed by atoms with Crippen molar-refractivity contribution in [2.75, 3.05) is 0 Å². The summed E-state index contributed by atoms with van der Waals surface area (Å²) >= 11 is 2.98. The molecule has 0 aliphatic rings. The van der Waals surface area contributed by atoms with E-state index < -0.39 is 4.92 Å². The second-order valence-corrected chi connectivity index (χ2v) is 6.77. The van der Waals surface area contributed by atoms with Crippen LogP contribution >= 0.6 is 22.7 Å². The quantitative estimate of drug-likeness (QED) is 0.376. The minimum atomic E-state index is -0.417. The molecule has 0 amide bonds. The first-order chi connectivity index (χ1) is 11.7. The normalized spacial score (nSPS) is 11.5. The highest BCUT2D eigenvalue weighted by atomic mass is 32.1. The largest absolute Gasteiger partial charge is 0.462 e. The van der Waals surface area contributed by atoms with Crippen LogP contribution in [-0.4, -0.2) is 14.9 Å². The molecule has 3 heterocycles. The van der Waals surface area contributed by atoms with Gasteiger partial charge in [0.2, 0.25) is 0 Å². The molecule has 3 aromatic heterocycles. The van der Waals surface area contributed by atoms with E-state index in [1.807, 2.05) is 29.7 Å². The summed E-state index contributed by atoms with van der Waals surface area (Å²) in [6, 6.07) is 8.39. The molecular weight excluding hydrogens is 346 g/mol. The molecule has 4 rings (SSSR count). The Morgan fingerprint density at radius 2 is 2.12 bits per heavy atom. The van der Waals surface area contributed by atoms with Crippen LogP contribution < -0.4 is 0 Å². The maximum Gasteiger partial charge on any atom is 0.271 e. The molecule has 0 fully saturated rings. The average Bonchev–Trinajstić information content (AvgIpc) is 3.30. The van der Waals surface area contributed by atoms with Crippen molar-refractivity contribution in [3.05, 3.63) is 62.8 Å². The van der Waals surface area contributed by atoms with Gasteiger partial charge in [-0.3, -0.25) is 10.1 Å². The second-order valence-electron chi connectivity index (χ2n) is 4.85. The van der Waals surface area contributed by atoms with Crippen molar-refractivity contribution in [3.8, 4) is 10.8 Å². The number of hydrogen-bond donors (Lipinski definition) is 0. The monoisotopic (exact) mass is 355 g/mol. The fourth-order valence-electron chi connectivity index (χ4n) is 2.15. The number of furan rings is 1. The predicted octanol–water partition coefficient (Wildman–Crippen LogP) is 5.09. The molecule has 0 bridgehead atoms. The Morgan fingerprint density at radius 1 is 1.21 bits per heavy atom. The van der Waals surface area contributed by atoms with Crippen molar-refractivity contribution >= 4 is 50.7 Å². The Balaban J connectivity index is 1.59. The van der Waals surface area contributed by atoms with Gasteiger partial charge >= 0.3 is 0 Å². The van der Waals surface area contributed by atoms with Gasteiger partial charge < -0.3 is 4.42 Å². The van der Waals surface area contributed by atoms with Crippen molar-refractivity contribution in [2.24, 2.45) is 0 Å². The van der Waals surface area contributed by atoms with E-state index in [4.69, 9.17) is 4.42 Å². The maximum atomic E-state index is 10.8. The van der Waals surface area contributed by atoms with E-state index in [1.165, 1.54) is 34.8 Å². The molecule has 118 valence electrons. The third-order valence-corrected chi connectivity index (χ3v) is 5.13. The Kier molecular flexibility index (Phi) is 3.68. The molecule has 0 spiro atoms. The van der Waals surface area contributed by atoms with Crippen LogP contribution in [0.2, 0.25) is 0 Å². The van der Waals surface area contributed by atoms with Crippen LogP contribution in [0, 0.1) is 10.1 Å². The molecule has 0 aliphatic carbocycles. The number of non-ortho nitro benzene ring substituents is 1. The van der Waals surface area contributed by atoms with Gasteiger partial charge in [-0.05, 0) is 30.4 Å². The van der Waals surface area contributed by atoms with Gasteiger partial charge in [0.25, 0.3) is 5.69 Å². The molecule has 6 nitrogen and oxygen atoms in total. The summed E-state index contributed by atoms with van der Waals surface area (Å²) in [5.74, 6) is 0.743. The van der Waals surface area contributed by atoms with E-state index in [0.29, 0.717) is 5.52 Å². The lowest BCUT2D eigenvalue weighted by Gasteiger charge is -1.89. The minimum Gasteiger partial charge on any atom is -0.462 e. The summed E-state index contributed by atoms with van der Waals surface area (Å²) in [5.41, 5.74) is 1.49. The topological polar surface area (TPSA) is 82.1 Å². The summed E-state index contributed by atoms with van der Waals surface area (Å²) < 4.78 is 6.24. The average molecular weight is 355 g/mol. The van der Waals surface area contributed by atoms with Gasteiger partial charge in [0.1, 0.15) is 5.01 Å². The molecule has 0 N–H and O–H groups in total. The number of fused-ring (bicyclic) bond motifs is 1. The summed E-state index contributed by atoms with van der Waals surface area (Å²) in [6.07, 6.45) is 5.35. The van der Waals surface area contributed by atoms with Crippen LogP contribution in [0.4, 0.5) is 5.69 Å². The van der Waals surface area contributed by atoms with Crippen molar-refractivity contribution in [1.82, 2.24) is 9.97 Å². The van der Waals surface area contributed by atoms with Crippen LogP contribution in [0.1, 0.15) is 10.7 Å². The Morgan fingerprint density at radius 3 is 2.92 bits per heavy atom. The first kappa shape index (κ1) is 14.7. The first-order valence-electron chi connectivity index (χ1n) is 6.91. The highest BCUT2D eigenvalue weighted by molar-refractivity contribution is 7.19. The third kappa shape index (κ3) is 2.84. The highest BCUT2D eigenvalue weighted by Gasteiger charge is 2.09. The van der Waals surface area contributed by atoms with Crippen molar-refractivity contribution in [1.29, 1.82) is 0 Å². The van der Waals surface area contributed by atoms with Gasteiger partial charge in [0.15, 0.2) is 10.8 Å². The van der Waals surface area contributed by atoms with E-state index in [1.54, 1.807) is 12.3 Å². The fourth-order valence-corrected chi connectivity index (χ4v) is 3.76. The van der Waals surface area contributed by atoms with Crippen LogP contribution in [-0.2, 0) is 0 Å². The SMILES string of the molecule is O=[N+]([O-])c1ccc2sc(/C=C/c3csc(-c4ccco4)n3)nc2c1. The molecule has 0 atom stereocenters. The van der Waals surface area contributed by atoms with Crippen molar-refractivity contribution < 1.29 is 9.34 Å². The van der Waals surface area contributed by atoms with Crippen molar-refractivity contribution in [3.63, 3.8) is 0 Å². The lowest BCUT2D eigenvalue weighted by Crippen LogP contribution is -1.86. The van der Waals surface area contributed by atoms with Crippen LogP contribution in [0.5, 0.6) is 0 Å². The number of nitro benzene ring substituents is 1. The van der Waals surface area contributed by atoms with Crippen molar-refractivity contribution in [2.45, 2.75) is 0 Å². The molecule has 8 heteroatoms. The molecular formula is C16H9N3O3S2. The van der Waals surface area contributed by atoms with Gasteiger partial charge in [-0.25, -0.2) is 9.97 Å². The summed E-state index contributed by atoms with van der Waals surface area (Å²) in [6.45, 7) is 0. The smallest absolute Gasteiger partial charge is 0.271 e. The van der Waals surface area contributed by atoms with E-state index in [2.05, 4.69) is 9.97 Å². The van der Waals surface area contributed by atoms with Gasteiger partial charge in [-0.2, -0.15) is 0 Å². The zero-order valence-corrected chi connectivity index (χ0v) is 13.7. The molecule has 1 aromatic carbocycles.